The lowest BCUT2D eigenvalue weighted by Gasteiger charge is -2.16. The first-order valence-electron chi connectivity index (χ1n) is 8.06. The van der Waals surface area contributed by atoms with Crippen molar-refractivity contribution >= 4 is 42.2 Å². The van der Waals surface area contributed by atoms with E-state index in [1.54, 1.807) is 0 Å². The van der Waals surface area contributed by atoms with Gasteiger partial charge in [0.05, 0.1) is 0 Å². The molecule has 1 aromatic heterocycles. The molecule has 0 spiro atoms. The largest absolute Gasteiger partial charge is 0.716 e. The van der Waals surface area contributed by atoms with Gasteiger partial charge in [0, 0.05) is 17.7 Å². The van der Waals surface area contributed by atoms with Crippen LogP contribution in [0.4, 0.5) is 0 Å². The molecular weight excluding hydrogens is 532 g/mol. The summed E-state index contributed by atoms with van der Waals surface area (Å²) < 4.78 is 116. The number of rotatable bonds is 7. The van der Waals surface area contributed by atoms with Gasteiger partial charge in [0.15, 0.2) is 17.3 Å². The number of fused-ring (bicyclic) bond motifs is 1. The third-order valence-electron chi connectivity index (χ3n) is 3.70. The second-order valence-corrected chi connectivity index (χ2v) is 9.01. The van der Waals surface area contributed by atoms with Crippen LogP contribution >= 0.6 is 0 Å². The second-order valence-electron chi connectivity index (χ2n) is 6.06. The fourth-order valence-electron chi connectivity index (χ4n) is 2.62. The Morgan fingerprint density at radius 2 is 1.35 bits per heavy atom. The van der Waals surface area contributed by atoms with Gasteiger partial charge in [-0.15, -0.1) is 0 Å². The summed E-state index contributed by atoms with van der Waals surface area (Å²) in [6.45, 7) is 0. The van der Waals surface area contributed by atoms with Gasteiger partial charge in [0.2, 0.25) is 11.2 Å². The van der Waals surface area contributed by atoms with Crippen molar-refractivity contribution in [3.63, 3.8) is 0 Å². The number of hydrogen-bond acceptors (Lipinski definition) is 16. The van der Waals surface area contributed by atoms with Crippen molar-refractivity contribution in [3.8, 4) is 40.1 Å². The first kappa shape index (κ1) is 25.0. The van der Waals surface area contributed by atoms with Gasteiger partial charge in [-0.05, 0) is 18.2 Å². The van der Waals surface area contributed by atoms with E-state index in [-0.39, 0.29) is 0 Å². The monoisotopic (exact) mass is 539 g/mol. The van der Waals surface area contributed by atoms with Crippen LogP contribution in [-0.4, -0.2) is 49.1 Å². The molecule has 1 heterocycles. The molecule has 19 heteroatoms. The molecule has 0 amide bonds. The normalized spacial score (nSPS) is 12.4. The highest BCUT2D eigenvalue weighted by molar-refractivity contribution is 7.81. The molecular formula is C15H7O16S3-3. The third-order valence-corrected chi connectivity index (χ3v) is 4.85. The van der Waals surface area contributed by atoms with Crippen molar-refractivity contribution in [2.75, 3.05) is 0 Å². The molecule has 0 radical (unpaired) electrons. The fourth-order valence-corrected chi connectivity index (χ4v) is 3.66. The lowest BCUT2D eigenvalue weighted by molar-refractivity contribution is 0.359. The molecule has 0 fully saturated rings. The topological polar surface area (TPSA) is 270 Å². The minimum atomic E-state index is -5.65. The highest BCUT2D eigenvalue weighted by Gasteiger charge is 2.24. The van der Waals surface area contributed by atoms with Crippen LogP contribution in [0, 0.1) is 0 Å². The van der Waals surface area contributed by atoms with Gasteiger partial charge < -0.3 is 40.8 Å². The summed E-state index contributed by atoms with van der Waals surface area (Å²) in [6, 6.07) is 3.26. The molecule has 0 unspecified atom stereocenters. The van der Waals surface area contributed by atoms with E-state index in [2.05, 4.69) is 12.5 Å². The zero-order chi connectivity index (χ0) is 25.6. The van der Waals surface area contributed by atoms with E-state index < -0.39 is 87.7 Å². The molecule has 0 aliphatic heterocycles. The molecule has 0 saturated heterocycles. The Morgan fingerprint density at radius 1 is 0.765 bits per heavy atom. The van der Waals surface area contributed by atoms with Crippen LogP contribution in [0.2, 0.25) is 0 Å². The average molecular weight is 539 g/mol. The van der Waals surface area contributed by atoms with Crippen molar-refractivity contribution < 1.29 is 66.1 Å². The van der Waals surface area contributed by atoms with Gasteiger partial charge in [-0.2, -0.15) is 0 Å². The summed E-state index contributed by atoms with van der Waals surface area (Å²) >= 11 is 0. The van der Waals surface area contributed by atoms with E-state index >= 15 is 0 Å². The molecule has 184 valence electrons. The van der Waals surface area contributed by atoms with Gasteiger partial charge in [-0.3, -0.25) is 4.79 Å². The molecule has 0 bridgehead atoms. The Kier molecular flexibility index (Phi) is 6.11. The van der Waals surface area contributed by atoms with Crippen molar-refractivity contribution in [3.05, 3.63) is 40.6 Å². The molecule has 3 aromatic rings. The Balaban J connectivity index is 2.38. The van der Waals surface area contributed by atoms with E-state index in [1.165, 1.54) is 0 Å². The van der Waals surface area contributed by atoms with Crippen molar-refractivity contribution in [1.29, 1.82) is 0 Å². The molecule has 2 aromatic carbocycles. The van der Waals surface area contributed by atoms with Crippen molar-refractivity contribution in [2.45, 2.75) is 0 Å². The summed E-state index contributed by atoms with van der Waals surface area (Å²) in [5, 5.41) is 18.9. The van der Waals surface area contributed by atoms with Crippen LogP contribution in [0.1, 0.15) is 0 Å². The minimum absolute atomic E-state index is 0.482. The zero-order valence-corrected chi connectivity index (χ0v) is 18.2. The molecule has 0 aliphatic carbocycles. The first-order chi connectivity index (χ1) is 15.4. The Morgan fingerprint density at radius 3 is 1.91 bits per heavy atom. The SMILES string of the molecule is O=c1c(OS(=O)(=O)[O-])c(-c2ccc(O)c(OS(=O)(=O)[O-])c2)oc2cc(OS(=O)(=O)[O-])cc(O)c12. The number of phenols is 2. The van der Waals surface area contributed by atoms with Crippen LogP contribution < -0.4 is 18.0 Å². The standard InChI is InChI=1S/C15H10O16S3/c16-8-2-1-6(3-10(8)30-33(22,23)24)14-15(31-34(25,26)27)13(18)12-9(17)4-7(5-11(12)28-14)29-32(19,20)21/h1-5,16-17H,(H,19,20,21)(H,22,23,24)(H,25,26,27)/p-3. The van der Waals surface area contributed by atoms with Gasteiger partial charge in [0.1, 0.15) is 22.5 Å². The highest BCUT2D eigenvalue weighted by Crippen LogP contribution is 2.39. The highest BCUT2D eigenvalue weighted by atomic mass is 32.3. The van der Waals surface area contributed by atoms with Crippen LogP contribution in [-0.2, 0) is 31.2 Å². The predicted octanol–water partition coefficient (Wildman–Crippen LogP) is -0.612. The molecule has 3 rings (SSSR count). The zero-order valence-electron chi connectivity index (χ0n) is 15.7. The summed E-state index contributed by atoms with van der Waals surface area (Å²) in [4.78, 5) is 12.8. The molecule has 2 N–H and O–H groups in total. The number of phenolic OH excluding ortho intramolecular Hbond substituents is 2. The van der Waals surface area contributed by atoms with Crippen LogP contribution in [0.3, 0.4) is 0 Å². The second kappa shape index (κ2) is 8.30. The summed E-state index contributed by atoms with van der Waals surface area (Å²) in [5.74, 6) is -6.15. The van der Waals surface area contributed by atoms with E-state index in [1.807, 2.05) is 0 Å². The maximum atomic E-state index is 12.8. The van der Waals surface area contributed by atoms with E-state index in [4.69, 9.17) is 4.42 Å². The van der Waals surface area contributed by atoms with Crippen LogP contribution in [0.5, 0.6) is 28.7 Å². The third kappa shape index (κ3) is 5.84. The van der Waals surface area contributed by atoms with Gasteiger partial charge >= 0.3 is 0 Å². The maximum absolute atomic E-state index is 12.8. The molecule has 16 nitrogen and oxygen atoms in total. The number of hydrogen-bond donors (Lipinski definition) is 2. The van der Waals surface area contributed by atoms with Crippen molar-refractivity contribution in [1.82, 2.24) is 0 Å². The quantitative estimate of drug-likeness (QED) is 0.280. The van der Waals surface area contributed by atoms with Gasteiger partial charge in [0.25, 0.3) is 31.2 Å². The van der Waals surface area contributed by atoms with Crippen molar-refractivity contribution in [2.24, 2.45) is 0 Å². The lowest BCUT2D eigenvalue weighted by Crippen LogP contribution is -2.16. The smallest absolute Gasteiger partial charge is 0.262 e. The Labute approximate surface area is 189 Å². The van der Waals surface area contributed by atoms with E-state index in [0.717, 1.165) is 12.1 Å². The fraction of sp³-hybridized carbons (Fsp3) is 0. The van der Waals surface area contributed by atoms with Gasteiger partial charge in [-0.1, -0.05) is 0 Å². The first-order valence-corrected chi connectivity index (χ1v) is 12.1. The van der Waals surface area contributed by atoms with Gasteiger partial charge in [-0.25, -0.2) is 25.3 Å². The minimum Gasteiger partial charge on any atom is -0.716 e. The predicted molar refractivity (Wildman–Crippen MR) is 102 cm³/mol. The molecule has 34 heavy (non-hydrogen) atoms. The Hall–Kier alpha value is -3.62. The average Bonchev–Trinajstić information content (AvgIpc) is 2.62. The lowest BCUT2D eigenvalue weighted by atomic mass is 10.1. The summed E-state index contributed by atoms with van der Waals surface area (Å²) in [6.07, 6.45) is 0. The maximum Gasteiger partial charge on any atom is 0.262 e. The van der Waals surface area contributed by atoms with Crippen LogP contribution in [0.25, 0.3) is 22.3 Å². The van der Waals surface area contributed by atoms with E-state index in [9.17, 15) is 53.9 Å². The Bertz CT molecular complexity index is 1680. The molecule has 0 saturated carbocycles. The molecule has 0 atom stereocenters. The molecule has 0 aliphatic rings. The number of aromatic hydroxyl groups is 2. The number of benzene rings is 2. The van der Waals surface area contributed by atoms with E-state index in [0.29, 0.717) is 18.2 Å². The van der Waals surface area contributed by atoms with Crippen LogP contribution in [0.15, 0.2) is 39.5 Å². The summed E-state index contributed by atoms with van der Waals surface area (Å²) in [7, 11) is -16.4. The summed E-state index contributed by atoms with van der Waals surface area (Å²) in [5.41, 5.74) is -2.76.